The lowest BCUT2D eigenvalue weighted by Crippen LogP contribution is -2.43. The maximum atomic E-state index is 12.2. The maximum Gasteiger partial charge on any atom is 0.410 e. The third kappa shape index (κ3) is 4.65. The van der Waals surface area contributed by atoms with Crippen molar-refractivity contribution in [3.63, 3.8) is 0 Å². The second-order valence-corrected chi connectivity index (χ2v) is 6.44. The number of hydrogen-bond donors (Lipinski definition) is 1. The molecule has 0 saturated carbocycles. The van der Waals surface area contributed by atoms with E-state index in [1.807, 2.05) is 20.8 Å². The van der Waals surface area contributed by atoms with Gasteiger partial charge < -0.3 is 9.64 Å². The van der Waals surface area contributed by atoms with E-state index in [1.54, 1.807) is 15.8 Å². The second-order valence-electron chi connectivity index (χ2n) is 6.44. The number of rotatable bonds is 3. The molecule has 0 spiro atoms. The van der Waals surface area contributed by atoms with Gasteiger partial charge in [0.1, 0.15) is 5.60 Å². The van der Waals surface area contributed by atoms with Gasteiger partial charge in [-0.25, -0.2) is 15.0 Å². The van der Waals surface area contributed by atoms with E-state index in [2.05, 4.69) is 20.6 Å². The summed E-state index contributed by atoms with van der Waals surface area (Å²) in [5.74, 6) is -0.460. The van der Waals surface area contributed by atoms with Gasteiger partial charge in [0.15, 0.2) is 5.69 Å². The first-order valence-electron chi connectivity index (χ1n) is 7.53. The van der Waals surface area contributed by atoms with Gasteiger partial charge in [-0.2, -0.15) is 0 Å². The van der Waals surface area contributed by atoms with Gasteiger partial charge in [0.25, 0.3) is 5.91 Å². The molecule has 1 aliphatic heterocycles. The lowest BCUT2D eigenvalue weighted by atomic mass is 10.1. The summed E-state index contributed by atoms with van der Waals surface area (Å²) in [5, 5.41) is 7.81. The molecular weight excluding hydrogens is 302 g/mol. The number of carbonyl (C=O) groups is 2. The highest BCUT2D eigenvalue weighted by Crippen LogP contribution is 2.22. The largest absolute Gasteiger partial charge is 0.444 e. The van der Waals surface area contributed by atoms with Gasteiger partial charge in [0.05, 0.1) is 19.3 Å². The molecule has 1 unspecified atom stereocenters. The van der Waals surface area contributed by atoms with Crippen molar-refractivity contribution in [3.05, 3.63) is 11.9 Å². The van der Waals surface area contributed by atoms with Crippen molar-refractivity contribution in [2.75, 3.05) is 20.2 Å². The Bertz CT molecular complexity index is 566. The normalized spacial score (nSPS) is 18.6. The van der Waals surface area contributed by atoms with Gasteiger partial charge in [-0.05, 0) is 33.6 Å². The molecule has 2 rings (SSSR count). The fourth-order valence-corrected chi connectivity index (χ4v) is 2.37. The average molecular weight is 325 g/mol. The van der Waals surface area contributed by atoms with Crippen molar-refractivity contribution in [2.24, 2.45) is 0 Å². The Kier molecular flexibility index (Phi) is 5.19. The van der Waals surface area contributed by atoms with Crippen LogP contribution in [0.5, 0.6) is 0 Å². The molecule has 1 fully saturated rings. The monoisotopic (exact) mass is 325 g/mol. The summed E-state index contributed by atoms with van der Waals surface area (Å²) in [7, 11) is 1.35. The zero-order valence-corrected chi connectivity index (χ0v) is 13.9. The second kappa shape index (κ2) is 6.95. The summed E-state index contributed by atoms with van der Waals surface area (Å²) in [6.07, 6.45) is 2.91. The van der Waals surface area contributed by atoms with Crippen LogP contribution >= 0.6 is 0 Å². The van der Waals surface area contributed by atoms with E-state index in [1.165, 1.54) is 7.11 Å². The third-order valence-electron chi connectivity index (χ3n) is 3.36. The van der Waals surface area contributed by atoms with E-state index in [4.69, 9.17) is 4.74 Å². The highest BCUT2D eigenvalue weighted by atomic mass is 16.6. The number of hydrogen-bond acceptors (Lipinski definition) is 6. The SMILES string of the molecule is CONC(=O)c1cn(C2CCCN(C(=O)OC(C)(C)C)C2)nn1. The van der Waals surface area contributed by atoms with Crippen molar-refractivity contribution < 1.29 is 19.2 Å². The fourth-order valence-electron chi connectivity index (χ4n) is 2.37. The van der Waals surface area contributed by atoms with Crippen LogP contribution in [-0.2, 0) is 9.57 Å². The summed E-state index contributed by atoms with van der Waals surface area (Å²) in [4.78, 5) is 30.0. The molecule has 1 aromatic heterocycles. The maximum absolute atomic E-state index is 12.2. The van der Waals surface area contributed by atoms with Crippen LogP contribution in [-0.4, -0.2) is 57.7 Å². The summed E-state index contributed by atoms with van der Waals surface area (Å²) < 4.78 is 7.01. The molecule has 2 heterocycles. The Hall–Kier alpha value is -2.16. The summed E-state index contributed by atoms with van der Waals surface area (Å²) >= 11 is 0. The Morgan fingerprint density at radius 3 is 2.78 bits per heavy atom. The Labute approximate surface area is 134 Å². The van der Waals surface area contributed by atoms with Crippen LogP contribution in [0.1, 0.15) is 50.1 Å². The number of piperidine rings is 1. The quantitative estimate of drug-likeness (QED) is 0.837. The minimum atomic E-state index is -0.525. The van der Waals surface area contributed by atoms with Crippen LogP contribution < -0.4 is 5.48 Å². The van der Waals surface area contributed by atoms with E-state index in [0.29, 0.717) is 13.1 Å². The number of carbonyl (C=O) groups excluding carboxylic acids is 2. The third-order valence-corrected chi connectivity index (χ3v) is 3.36. The van der Waals surface area contributed by atoms with E-state index in [9.17, 15) is 9.59 Å². The number of hydroxylamine groups is 1. The lowest BCUT2D eigenvalue weighted by molar-refractivity contribution is 0.0166. The number of nitrogens with one attached hydrogen (secondary N) is 1. The van der Waals surface area contributed by atoms with E-state index in [-0.39, 0.29) is 17.8 Å². The molecule has 0 aromatic carbocycles. The van der Waals surface area contributed by atoms with Crippen LogP contribution in [0.25, 0.3) is 0 Å². The number of likely N-dealkylation sites (tertiary alicyclic amines) is 1. The lowest BCUT2D eigenvalue weighted by Gasteiger charge is -2.33. The Morgan fingerprint density at radius 2 is 2.13 bits per heavy atom. The minimum absolute atomic E-state index is 0.0344. The minimum Gasteiger partial charge on any atom is -0.444 e. The fraction of sp³-hybridized carbons (Fsp3) is 0.714. The molecule has 9 nitrogen and oxygen atoms in total. The van der Waals surface area contributed by atoms with Crippen molar-refractivity contribution in [1.82, 2.24) is 25.4 Å². The van der Waals surface area contributed by atoms with Crippen molar-refractivity contribution in [1.29, 1.82) is 0 Å². The average Bonchev–Trinajstić information content (AvgIpc) is 2.96. The molecule has 1 atom stereocenters. The molecule has 1 N–H and O–H groups in total. The number of ether oxygens (including phenoxy) is 1. The first-order chi connectivity index (χ1) is 10.8. The molecule has 1 saturated heterocycles. The van der Waals surface area contributed by atoms with Crippen LogP contribution in [0.3, 0.4) is 0 Å². The zero-order chi connectivity index (χ0) is 17.0. The van der Waals surface area contributed by atoms with E-state index in [0.717, 1.165) is 12.8 Å². The standard InChI is InChI=1S/C14H23N5O4/c1-14(2,3)23-13(21)18-7-5-6-10(8-18)19-9-11(15-17-19)12(20)16-22-4/h9-10H,5-8H2,1-4H3,(H,16,20). The number of nitrogens with zero attached hydrogens (tertiary/aromatic N) is 4. The van der Waals surface area contributed by atoms with Gasteiger partial charge in [0, 0.05) is 13.1 Å². The van der Waals surface area contributed by atoms with E-state index >= 15 is 0 Å². The molecule has 0 bridgehead atoms. The van der Waals surface area contributed by atoms with Gasteiger partial charge in [-0.1, -0.05) is 5.21 Å². The van der Waals surface area contributed by atoms with Crippen molar-refractivity contribution in [3.8, 4) is 0 Å². The Balaban J connectivity index is 2.01. The predicted molar refractivity (Wildman–Crippen MR) is 80.6 cm³/mol. The first-order valence-corrected chi connectivity index (χ1v) is 7.53. The highest BCUT2D eigenvalue weighted by molar-refractivity contribution is 5.90. The molecule has 2 amide bonds. The zero-order valence-electron chi connectivity index (χ0n) is 13.9. The number of aromatic nitrogens is 3. The molecule has 9 heteroatoms. The molecular formula is C14H23N5O4. The molecule has 128 valence electrons. The summed E-state index contributed by atoms with van der Waals surface area (Å²) in [6, 6.07) is -0.0344. The van der Waals surface area contributed by atoms with Crippen molar-refractivity contribution >= 4 is 12.0 Å². The van der Waals surface area contributed by atoms with Gasteiger partial charge in [0.2, 0.25) is 0 Å². The molecule has 1 aromatic rings. The van der Waals surface area contributed by atoms with Crippen LogP contribution in [0.2, 0.25) is 0 Å². The predicted octanol–water partition coefficient (Wildman–Crippen LogP) is 1.14. The van der Waals surface area contributed by atoms with Gasteiger partial charge >= 0.3 is 6.09 Å². The summed E-state index contributed by atoms with van der Waals surface area (Å²) in [5.41, 5.74) is 1.83. The van der Waals surface area contributed by atoms with Crippen LogP contribution in [0.4, 0.5) is 4.79 Å². The molecule has 1 aliphatic rings. The Morgan fingerprint density at radius 1 is 1.39 bits per heavy atom. The summed E-state index contributed by atoms with van der Waals surface area (Å²) in [6.45, 7) is 6.64. The highest BCUT2D eigenvalue weighted by Gasteiger charge is 2.29. The van der Waals surface area contributed by atoms with Gasteiger partial charge in [-0.3, -0.25) is 9.63 Å². The number of amides is 2. The van der Waals surface area contributed by atoms with E-state index < -0.39 is 11.5 Å². The van der Waals surface area contributed by atoms with Crippen molar-refractivity contribution in [2.45, 2.75) is 45.3 Å². The van der Waals surface area contributed by atoms with Crippen LogP contribution in [0, 0.1) is 0 Å². The molecule has 0 aliphatic carbocycles. The van der Waals surface area contributed by atoms with Crippen LogP contribution in [0.15, 0.2) is 6.20 Å². The van der Waals surface area contributed by atoms with Gasteiger partial charge in [-0.15, -0.1) is 5.10 Å². The molecule has 23 heavy (non-hydrogen) atoms. The first kappa shape index (κ1) is 17.2. The topological polar surface area (TPSA) is 98.6 Å². The molecule has 0 radical (unpaired) electrons. The smallest absolute Gasteiger partial charge is 0.410 e.